The number of nitriles is 1. The molecule has 15 heteroatoms. The lowest BCUT2D eigenvalue weighted by Gasteiger charge is -2.43. The minimum absolute atomic E-state index is 0.137. The van der Waals surface area contributed by atoms with Gasteiger partial charge in [0.25, 0.3) is 5.91 Å². The normalized spacial score (nSPS) is 27.5. The first-order chi connectivity index (χ1) is 20.0. The number of aliphatic hydroxyl groups is 4. The molecule has 1 saturated heterocycles. The molecular formula is C27H25ClF3N5O6. The Labute approximate surface area is 241 Å². The van der Waals surface area contributed by atoms with E-state index in [1.165, 1.54) is 23.1 Å². The maximum absolute atomic E-state index is 14.1. The number of aromatic nitrogens is 3. The molecule has 1 aliphatic carbocycles. The third kappa shape index (κ3) is 5.47. The molecule has 0 spiro atoms. The van der Waals surface area contributed by atoms with Gasteiger partial charge in [-0.05, 0) is 49.6 Å². The number of amides is 1. The van der Waals surface area contributed by atoms with Crippen LogP contribution < -0.4 is 4.90 Å². The molecule has 1 saturated carbocycles. The van der Waals surface area contributed by atoms with Crippen molar-refractivity contribution in [3.05, 3.63) is 64.6 Å². The summed E-state index contributed by atoms with van der Waals surface area (Å²) < 4.78 is 47.7. The summed E-state index contributed by atoms with van der Waals surface area (Å²) >= 11 is 6.20. The van der Waals surface area contributed by atoms with Crippen LogP contribution in [0.2, 0.25) is 5.02 Å². The van der Waals surface area contributed by atoms with E-state index < -0.39 is 72.6 Å². The highest BCUT2D eigenvalue weighted by Gasteiger charge is 2.51. The molecule has 1 aromatic heterocycles. The minimum atomic E-state index is -1.82. The van der Waals surface area contributed by atoms with Crippen molar-refractivity contribution < 1.29 is 43.1 Å². The van der Waals surface area contributed by atoms with E-state index in [1.54, 1.807) is 0 Å². The van der Waals surface area contributed by atoms with Crippen molar-refractivity contribution in [1.29, 1.82) is 5.26 Å². The van der Waals surface area contributed by atoms with Crippen LogP contribution in [-0.4, -0.2) is 84.5 Å². The molecule has 1 amide bonds. The number of rotatable bonds is 6. The second-order valence-corrected chi connectivity index (χ2v) is 10.6. The maximum atomic E-state index is 14.1. The summed E-state index contributed by atoms with van der Waals surface area (Å²) in [4.78, 5) is 15.3. The lowest BCUT2D eigenvalue weighted by atomic mass is 9.91. The van der Waals surface area contributed by atoms with E-state index in [1.807, 2.05) is 6.07 Å². The molecule has 2 aromatic carbocycles. The van der Waals surface area contributed by atoms with Crippen molar-refractivity contribution >= 4 is 23.2 Å². The number of nitrogens with zero attached hydrogens (tertiary/aromatic N) is 5. The summed E-state index contributed by atoms with van der Waals surface area (Å²) in [6.07, 6.45) is -5.02. The molecule has 11 nitrogen and oxygen atoms in total. The Hall–Kier alpha value is -3.58. The van der Waals surface area contributed by atoms with E-state index in [9.17, 15) is 43.7 Å². The average Bonchev–Trinajstić information content (AvgIpc) is 3.61. The Kier molecular flexibility index (Phi) is 8.51. The third-order valence-corrected chi connectivity index (χ3v) is 7.75. The van der Waals surface area contributed by atoms with E-state index in [-0.39, 0.29) is 27.5 Å². The molecule has 42 heavy (non-hydrogen) atoms. The number of ether oxygens (including phenoxy) is 1. The highest BCUT2D eigenvalue weighted by Crippen LogP contribution is 2.36. The maximum Gasteiger partial charge on any atom is 0.259 e. The number of hydrogen-bond acceptors (Lipinski definition) is 9. The predicted molar refractivity (Wildman–Crippen MR) is 139 cm³/mol. The molecule has 1 aliphatic heterocycles. The van der Waals surface area contributed by atoms with Crippen molar-refractivity contribution in [2.24, 2.45) is 0 Å². The van der Waals surface area contributed by atoms with Gasteiger partial charge >= 0.3 is 0 Å². The van der Waals surface area contributed by atoms with Crippen LogP contribution in [0.25, 0.3) is 11.3 Å². The summed E-state index contributed by atoms with van der Waals surface area (Å²) in [6.45, 7) is -0.772. The molecular weight excluding hydrogens is 583 g/mol. The van der Waals surface area contributed by atoms with Crippen LogP contribution in [0.4, 0.5) is 18.9 Å². The first-order valence-electron chi connectivity index (χ1n) is 12.9. The first-order valence-corrected chi connectivity index (χ1v) is 13.3. The summed E-state index contributed by atoms with van der Waals surface area (Å²) in [5.41, 5.74) is -0.0212. The van der Waals surface area contributed by atoms with Crippen molar-refractivity contribution in [2.75, 3.05) is 11.5 Å². The molecule has 2 heterocycles. The van der Waals surface area contributed by atoms with Gasteiger partial charge < -0.3 is 30.1 Å². The second-order valence-electron chi connectivity index (χ2n) is 10.2. The van der Waals surface area contributed by atoms with Crippen molar-refractivity contribution in [1.82, 2.24) is 15.0 Å². The fourth-order valence-corrected chi connectivity index (χ4v) is 5.73. The van der Waals surface area contributed by atoms with E-state index >= 15 is 0 Å². The Balaban J connectivity index is 1.52. The second kappa shape index (κ2) is 12.0. The van der Waals surface area contributed by atoms with Gasteiger partial charge in [-0.3, -0.25) is 4.79 Å². The molecule has 5 rings (SSSR count). The Morgan fingerprint density at radius 1 is 1.12 bits per heavy atom. The smallest absolute Gasteiger partial charge is 0.259 e. The quantitative estimate of drug-likeness (QED) is 0.306. The molecule has 0 unspecified atom stereocenters. The van der Waals surface area contributed by atoms with Gasteiger partial charge in [-0.25, -0.2) is 17.9 Å². The van der Waals surface area contributed by atoms with E-state index in [0.717, 1.165) is 10.9 Å². The number of carbonyl (C=O) groups excluding carboxylic acids is 1. The fraction of sp³-hybridized carbons (Fsp3) is 0.407. The van der Waals surface area contributed by atoms with Crippen LogP contribution in [0, 0.1) is 28.8 Å². The first kappa shape index (κ1) is 29.9. The number of hydrogen-bond donors (Lipinski definition) is 4. The Morgan fingerprint density at radius 2 is 1.83 bits per heavy atom. The van der Waals surface area contributed by atoms with Gasteiger partial charge in [0.2, 0.25) is 0 Å². The molecule has 2 fully saturated rings. The largest absolute Gasteiger partial charge is 0.394 e. The van der Waals surface area contributed by atoms with Gasteiger partial charge in [0.1, 0.15) is 30.0 Å². The van der Waals surface area contributed by atoms with Crippen LogP contribution in [0.3, 0.4) is 0 Å². The van der Waals surface area contributed by atoms with Gasteiger partial charge in [-0.15, -0.1) is 5.10 Å². The zero-order chi connectivity index (χ0) is 30.3. The zero-order valence-electron chi connectivity index (χ0n) is 21.7. The van der Waals surface area contributed by atoms with Gasteiger partial charge in [-0.1, -0.05) is 16.8 Å². The number of benzene rings is 2. The van der Waals surface area contributed by atoms with Crippen LogP contribution in [0.5, 0.6) is 0 Å². The van der Waals surface area contributed by atoms with Crippen LogP contribution >= 0.6 is 11.6 Å². The predicted octanol–water partition coefficient (Wildman–Crippen LogP) is 1.86. The molecule has 0 bridgehead atoms. The van der Waals surface area contributed by atoms with E-state index in [4.69, 9.17) is 16.3 Å². The summed E-state index contributed by atoms with van der Waals surface area (Å²) in [6, 6.07) is 5.32. The van der Waals surface area contributed by atoms with Crippen LogP contribution in [0.1, 0.15) is 30.9 Å². The fourth-order valence-electron chi connectivity index (χ4n) is 5.50. The summed E-state index contributed by atoms with van der Waals surface area (Å²) in [7, 11) is 0. The zero-order valence-corrected chi connectivity index (χ0v) is 22.4. The Bertz CT molecular complexity index is 1510. The molecule has 3 aromatic rings. The molecule has 7 atom stereocenters. The standard InChI is InChI=1S/C27H25ClF3N5O6/c28-14-4-12(9-32)5-15(8-14)36(19-2-1-3-20(19)38)27(41)26-25(40)23(24(39)21(11-37)42-26)35-10-18(33-34-35)13-6-16(29)22(31)17(30)7-13/h4-8,10,19-21,23-26,37-40H,1-3,11H2/t19-,20-,21+,23-,24-,25+,26+/m0/s1. The van der Waals surface area contributed by atoms with E-state index in [0.29, 0.717) is 31.4 Å². The van der Waals surface area contributed by atoms with Crippen molar-refractivity contribution in [3.8, 4) is 17.3 Å². The molecule has 0 radical (unpaired) electrons. The van der Waals surface area contributed by atoms with Crippen LogP contribution in [0.15, 0.2) is 36.5 Å². The molecule has 222 valence electrons. The highest BCUT2D eigenvalue weighted by molar-refractivity contribution is 6.31. The number of halogens is 4. The highest BCUT2D eigenvalue weighted by atomic mass is 35.5. The third-order valence-electron chi connectivity index (χ3n) is 7.53. The molecule has 2 aliphatic rings. The lowest BCUT2D eigenvalue weighted by molar-refractivity contribution is -0.205. The van der Waals surface area contributed by atoms with Crippen LogP contribution in [-0.2, 0) is 9.53 Å². The Morgan fingerprint density at radius 3 is 2.45 bits per heavy atom. The van der Waals surface area contributed by atoms with Gasteiger partial charge in [0.15, 0.2) is 23.6 Å². The minimum Gasteiger partial charge on any atom is -0.394 e. The summed E-state index contributed by atoms with van der Waals surface area (Å²) in [5, 5.41) is 60.2. The number of anilines is 1. The van der Waals surface area contributed by atoms with E-state index in [2.05, 4.69) is 10.3 Å². The summed E-state index contributed by atoms with van der Waals surface area (Å²) in [5.74, 6) is -5.46. The monoisotopic (exact) mass is 607 g/mol. The van der Waals surface area contributed by atoms with Crippen molar-refractivity contribution in [2.45, 2.75) is 61.9 Å². The number of carbonyl (C=O) groups is 1. The van der Waals surface area contributed by atoms with Crippen molar-refractivity contribution in [3.63, 3.8) is 0 Å². The number of aliphatic hydroxyl groups excluding tert-OH is 4. The average molecular weight is 608 g/mol. The lowest BCUT2D eigenvalue weighted by Crippen LogP contribution is -2.62. The topological polar surface area (TPSA) is 165 Å². The van der Waals surface area contributed by atoms with Gasteiger partial charge in [0.05, 0.1) is 36.6 Å². The molecule has 4 N–H and O–H groups in total. The van der Waals surface area contributed by atoms with Gasteiger partial charge in [-0.2, -0.15) is 5.26 Å². The SMILES string of the molecule is N#Cc1cc(Cl)cc(N(C(=O)[C@@H]2O[C@H](CO)[C@H](O)[C@H](n3cc(-c4cc(F)c(F)c(F)c4)nn3)[C@H]2O)[C@H]2CCC[C@@H]2O)c1. The van der Waals surface area contributed by atoms with Gasteiger partial charge in [0, 0.05) is 16.3 Å².